The van der Waals surface area contributed by atoms with Gasteiger partial charge in [0.2, 0.25) is 0 Å². The third-order valence-electron chi connectivity index (χ3n) is 8.90. The molecule has 3 rings (SSSR count). The minimum Gasteiger partial charge on any atom is -0.395 e. The first kappa shape index (κ1) is 42.4. The van der Waals surface area contributed by atoms with Gasteiger partial charge in [-0.25, -0.2) is 0 Å². The van der Waals surface area contributed by atoms with Crippen molar-refractivity contribution in [1.29, 1.82) is 0 Å². The molecule has 0 bridgehead atoms. The Morgan fingerprint density at radius 3 is 1.55 bits per heavy atom. The molecule has 280 valence electrons. The Balaban J connectivity index is 0.000000463. The molecule has 17 atom stereocenters. The lowest BCUT2D eigenvalue weighted by Gasteiger charge is -2.48. The van der Waals surface area contributed by atoms with E-state index in [1.807, 2.05) is 13.8 Å². The molecule has 1 aliphatic carbocycles. The lowest BCUT2D eigenvalue weighted by molar-refractivity contribution is -0.332. The lowest BCUT2D eigenvalue weighted by atomic mass is 9.84. The van der Waals surface area contributed by atoms with E-state index in [0.717, 1.165) is 25.9 Å². The Morgan fingerprint density at radius 2 is 1.13 bits per heavy atom. The molecule has 3 aliphatic rings. The number of nitrogens with one attached hydrogen (secondary N) is 2. The standard InChI is InChI=1S/C18H36N4O11.C10H24N2O2/c19-2-6-10(25)12(27)13(28)18(30-6)33-16-5(21)1-4(20)15(14(16)29)32-17-11(26)8(22)9(24)7(3-23)31-17;1-3-9(7-13)11-5-6-12-10(4-2)8-14/h4-18,23-29H,1-3,19-22H2;9-14H,3-8H2,1-2H3/t4-,5+,6-,7-,8+,9-,10-,11-,12+,13-,14-,15+,16-,17-,18-;9-,10-/m10/s1. The summed E-state index contributed by atoms with van der Waals surface area (Å²) in [6.45, 7) is 5.36. The summed E-state index contributed by atoms with van der Waals surface area (Å²) < 4.78 is 22.2. The monoisotopic (exact) mass is 688 g/mol. The second-order valence-electron chi connectivity index (χ2n) is 12.3. The molecule has 47 heavy (non-hydrogen) atoms. The molecule has 0 spiro atoms. The second kappa shape index (κ2) is 20.8. The van der Waals surface area contributed by atoms with Gasteiger partial charge in [0.25, 0.3) is 0 Å². The molecule has 3 fully saturated rings. The van der Waals surface area contributed by atoms with Gasteiger partial charge in [0, 0.05) is 43.8 Å². The Kier molecular flexibility index (Phi) is 18.8. The molecule has 0 aromatic carbocycles. The highest BCUT2D eigenvalue weighted by Gasteiger charge is 2.51. The summed E-state index contributed by atoms with van der Waals surface area (Å²) in [5.41, 5.74) is 23.5. The molecule has 2 aliphatic heterocycles. The predicted molar refractivity (Wildman–Crippen MR) is 166 cm³/mol. The van der Waals surface area contributed by atoms with Gasteiger partial charge in [-0.3, -0.25) is 0 Å². The number of nitrogens with two attached hydrogens (primary N) is 4. The maximum Gasteiger partial charge on any atom is 0.187 e. The van der Waals surface area contributed by atoms with Crippen LogP contribution in [-0.2, 0) is 18.9 Å². The Bertz CT molecular complexity index is 785. The summed E-state index contributed by atoms with van der Waals surface area (Å²) in [7, 11) is 0. The molecule has 19 heteroatoms. The van der Waals surface area contributed by atoms with E-state index in [9.17, 15) is 35.7 Å². The van der Waals surface area contributed by atoms with Crippen LogP contribution in [-0.4, -0.2) is 189 Å². The van der Waals surface area contributed by atoms with Crippen LogP contribution >= 0.6 is 0 Å². The van der Waals surface area contributed by atoms with Gasteiger partial charge in [0.05, 0.1) is 25.9 Å². The maximum atomic E-state index is 10.9. The van der Waals surface area contributed by atoms with Gasteiger partial charge in [-0.1, -0.05) is 13.8 Å². The number of aliphatic hydroxyl groups is 9. The highest BCUT2D eigenvalue weighted by Crippen LogP contribution is 2.31. The van der Waals surface area contributed by atoms with Crippen molar-refractivity contribution in [2.75, 3.05) is 39.5 Å². The number of rotatable bonds is 15. The summed E-state index contributed by atoms with van der Waals surface area (Å²) in [5.74, 6) is 0. The Labute approximate surface area is 275 Å². The molecular formula is C28H60N6O13. The minimum absolute atomic E-state index is 0.0849. The molecule has 19 nitrogen and oxygen atoms in total. The zero-order valence-electron chi connectivity index (χ0n) is 27.1. The SMILES string of the molecule is CC[C@@H](CO)NCCN[C@@H](CC)CO.NC[C@H]1O[C@H](O[C@H]2[C@H](O)[C@@H](O[C@H]3O[C@H](CO)[C@@H](O)[C@H](N)[C@H]3O)[C@H](N)C[C@@H]2N)[C@H](O)[C@@H](O)[C@@H]1O. The zero-order valence-corrected chi connectivity index (χ0v) is 27.1. The fourth-order valence-corrected chi connectivity index (χ4v) is 5.63. The summed E-state index contributed by atoms with van der Waals surface area (Å²) in [6.07, 6.45) is -14.6. The number of hydrogen-bond acceptors (Lipinski definition) is 19. The van der Waals surface area contributed by atoms with Crippen LogP contribution in [0.1, 0.15) is 33.1 Å². The topological polar surface area (TPSA) is 347 Å². The van der Waals surface area contributed by atoms with Crippen LogP contribution in [0.15, 0.2) is 0 Å². The lowest BCUT2D eigenvalue weighted by Crippen LogP contribution is -2.68. The zero-order chi connectivity index (χ0) is 35.4. The van der Waals surface area contributed by atoms with Crippen molar-refractivity contribution >= 4 is 0 Å². The van der Waals surface area contributed by atoms with Crippen LogP contribution in [0, 0.1) is 0 Å². The molecular weight excluding hydrogens is 628 g/mol. The van der Waals surface area contributed by atoms with E-state index in [-0.39, 0.29) is 38.3 Å². The van der Waals surface area contributed by atoms with E-state index >= 15 is 0 Å². The first-order valence-corrected chi connectivity index (χ1v) is 16.3. The predicted octanol–water partition coefficient (Wildman–Crippen LogP) is -7.58. The Morgan fingerprint density at radius 1 is 0.660 bits per heavy atom. The molecule has 0 radical (unpaired) electrons. The molecule has 1 saturated carbocycles. The van der Waals surface area contributed by atoms with Crippen molar-refractivity contribution in [3.8, 4) is 0 Å². The van der Waals surface area contributed by atoms with Gasteiger partial charge in [0.1, 0.15) is 61.0 Å². The Hall–Kier alpha value is -0.760. The number of hydrogen-bond donors (Lipinski definition) is 15. The van der Waals surface area contributed by atoms with Crippen molar-refractivity contribution in [3.63, 3.8) is 0 Å². The van der Waals surface area contributed by atoms with Crippen LogP contribution in [0.4, 0.5) is 0 Å². The summed E-state index contributed by atoms with van der Waals surface area (Å²) in [5, 5.41) is 95.2. The number of aliphatic hydroxyl groups excluding tert-OH is 9. The smallest absolute Gasteiger partial charge is 0.187 e. The van der Waals surface area contributed by atoms with Gasteiger partial charge < -0.3 is 98.5 Å². The number of ether oxygens (including phenoxy) is 4. The molecule has 0 unspecified atom stereocenters. The summed E-state index contributed by atoms with van der Waals surface area (Å²) in [4.78, 5) is 0. The quantitative estimate of drug-likeness (QED) is 0.0710. The minimum atomic E-state index is -1.66. The van der Waals surface area contributed by atoms with Crippen LogP contribution in [0.3, 0.4) is 0 Å². The molecule has 0 aromatic rings. The third-order valence-corrected chi connectivity index (χ3v) is 8.90. The first-order chi connectivity index (χ1) is 22.3. The van der Waals surface area contributed by atoms with E-state index < -0.39 is 98.4 Å². The van der Waals surface area contributed by atoms with Gasteiger partial charge >= 0.3 is 0 Å². The summed E-state index contributed by atoms with van der Waals surface area (Å²) in [6, 6.07) is -2.46. The fraction of sp³-hybridized carbons (Fsp3) is 1.00. The van der Waals surface area contributed by atoms with E-state index in [1.165, 1.54) is 0 Å². The average molecular weight is 689 g/mol. The average Bonchev–Trinajstić information content (AvgIpc) is 3.06. The maximum absolute atomic E-state index is 10.9. The van der Waals surface area contributed by atoms with Crippen LogP contribution < -0.4 is 33.6 Å². The van der Waals surface area contributed by atoms with Crippen molar-refractivity contribution in [3.05, 3.63) is 0 Å². The van der Waals surface area contributed by atoms with Gasteiger partial charge in [-0.15, -0.1) is 0 Å². The molecule has 0 amide bonds. The van der Waals surface area contributed by atoms with Crippen LogP contribution in [0.2, 0.25) is 0 Å². The summed E-state index contributed by atoms with van der Waals surface area (Å²) >= 11 is 0. The molecule has 19 N–H and O–H groups in total. The van der Waals surface area contributed by atoms with Crippen molar-refractivity contribution in [1.82, 2.24) is 10.6 Å². The second-order valence-corrected chi connectivity index (χ2v) is 12.3. The van der Waals surface area contributed by atoms with Gasteiger partial charge in [-0.05, 0) is 19.3 Å². The van der Waals surface area contributed by atoms with E-state index in [1.54, 1.807) is 0 Å². The van der Waals surface area contributed by atoms with E-state index in [2.05, 4.69) is 10.6 Å². The van der Waals surface area contributed by atoms with Crippen LogP contribution in [0.25, 0.3) is 0 Å². The fourth-order valence-electron chi connectivity index (χ4n) is 5.63. The van der Waals surface area contributed by atoms with Gasteiger partial charge in [-0.2, -0.15) is 0 Å². The largest absolute Gasteiger partial charge is 0.395 e. The van der Waals surface area contributed by atoms with Crippen molar-refractivity contribution in [2.24, 2.45) is 22.9 Å². The first-order valence-electron chi connectivity index (χ1n) is 16.3. The van der Waals surface area contributed by atoms with Crippen LogP contribution in [0.5, 0.6) is 0 Å². The highest BCUT2D eigenvalue weighted by atomic mass is 16.7. The van der Waals surface area contributed by atoms with Crippen molar-refractivity contribution < 1.29 is 64.9 Å². The van der Waals surface area contributed by atoms with E-state index in [0.29, 0.717) is 0 Å². The van der Waals surface area contributed by atoms with Crippen molar-refractivity contribution in [2.45, 2.75) is 137 Å². The normalized spacial score (nSPS) is 42.3. The molecule has 2 saturated heterocycles. The molecule has 0 aromatic heterocycles. The van der Waals surface area contributed by atoms with E-state index in [4.69, 9.17) is 52.1 Å². The highest BCUT2D eigenvalue weighted by molar-refractivity contribution is 5.01. The molecule has 2 heterocycles. The van der Waals surface area contributed by atoms with Gasteiger partial charge in [0.15, 0.2) is 12.6 Å². The third kappa shape index (κ3) is 11.4.